The van der Waals surface area contributed by atoms with E-state index in [1.165, 1.54) is 0 Å². The first-order chi connectivity index (χ1) is 8.65. The first kappa shape index (κ1) is 13.3. The minimum Gasteiger partial charge on any atom is -0.396 e. The Hall–Kier alpha value is -1.10. The van der Waals surface area contributed by atoms with Crippen LogP contribution in [-0.2, 0) is 4.79 Å². The van der Waals surface area contributed by atoms with Crippen molar-refractivity contribution >= 4 is 23.2 Å². The van der Waals surface area contributed by atoms with Crippen molar-refractivity contribution in [3.63, 3.8) is 0 Å². The highest BCUT2D eigenvalue weighted by molar-refractivity contribution is 6.33. The Bertz CT molecular complexity index is 433. The number of hydrogen-bond acceptors (Lipinski definition) is 3. The van der Waals surface area contributed by atoms with Crippen molar-refractivity contribution < 1.29 is 9.90 Å². The smallest absolute Gasteiger partial charge is 0.238 e. The van der Waals surface area contributed by atoms with Gasteiger partial charge in [0.05, 0.1) is 17.3 Å². The molecule has 0 heterocycles. The van der Waals surface area contributed by atoms with Gasteiger partial charge in [0.1, 0.15) is 0 Å². The summed E-state index contributed by atoms with van der Waals surface area (Å²) in [6, 6.07) is 7.13. The summed E-state index contributed by atoms with van der Waals surface area (Å²) in [5.41, 5.74) is 0.638. The second-order valence-corrected chi connectivity index (χ2v) is 5.20. The molecule has 0 radical (unpaired) electrons. The zero-order valence-corrected chi connectivity index (χ0v) is 10.8. The molecule has 98 valence electrons. The van der Waals surface area contributed by atoms with E-state index in [0.29, 0.717) is 17.3 Å². The molecule has 1 fully saturated rings. The average Bonchev–Trinajstić information content (AvgIpc) is 3.13. The van der Waals surface area contributed by atoms with Crippen LogP contribution in [0.15, 0.2) is 24.3 Å². The van der Waals surface area contributed by atoms with Crippen LogP contribution >= 0.6 is 11.6 Å². The molecule has 1 amide bonds. The molecule has 0 bridgehead atoms. The van der Waals surface area contributed by atoms with Crippen LogP contribution in [0.2, 0.25) is 5.02 Å². The number of anilines is 1. The van der Waals surface area contributed by atoms with E-state index in [4.69, 9.17) is 16.7 Å². The molecule has 0 aromatic heterocycles. The SMILES string of the molecule is O=C(CNCC1(CO)CC1)Nc1ccccc1Cl. The fraction of sp³-hybridized carbons (Fsp3) is 0.462. The third-order valence-corrected chi connectivity index (χ3v) is 3.56. The lowest BCUT2D eigenvalue weighted by Crippen LogP contribution is -2.33. The number of aliphatic hydroxyl groups is 1. The number of nitrogens with one attached hydrogen (secondary N) is 2. The average molecular weight is 269 g/mol. The fourth-order valence-corrected chi connectivity index (χ4v) is 1.95. The lowest BCUT2D eigenvalue weighted by molar-refractivity contribution is -0.115. The van der Waals surface area contributed by atoms with Gasteiger partial charge in [-0.3, -0.25) is 4.79 Å². The first-order valence-electron chi connectivity index (χ1n) is 6.01. The normalized spacial score (nSPS) is 16.3. The van der Waals surface area contributed by atoms with Gasteiger partial charge in [0.25, 0.3) is 0 Å². The van der Waals surface area contributed by atoms with E-state index in [1.54, 1.807) is 12.1 Å². The number of benzene rings is 1. The van der Waals surface area contributed by atoms with Crippen molar-refractivity contribution in [1.29, 1.82) is 0 Å². The Morgan fingerprint density at radius 2 is 2.11 bits per heavy atom. The van der Waals surface area contributed by atoms with Crippen LogP contribution in [0.5, 0.6) is 0 Å². The molecule has 1 aromatic carbocycles. The molecule has 0 atom stereocenters. The Labute approximate surface area is 111 Å². The molecule has 1 aliphatic rings. The van der Waals surface area contributed by atoms with Gasteiger partial charge in [-0.2, -0.15) is 0 Å². The van der Waals surface area contributed by atoms with E-state index >= 15 is 0 Å². The van der Waals surface area contributed by atoms with E-state index in [2.05, 4.69) is 10.6 Å². The standard InChI is InChI=1S/C13H17ClN2O2/c14-10-3-1-2-4-11(10)16-12(18)7-15-8-13(9-17)5-6-13/h1-4,15,17H,5-9H2,(H,16,18). The van der Waals surface area contributed by atoms with Gasteiger partial charge in [0, 0.05) is 18.6 Å². The van der Waals surface area contributed by atoms with Gasteiger partial charge in [-0.25, -0.2) is 0 Å². The van der Waals surface area contributed by atoms with Crippen LogP contribution in [0, 0.1) is 5.41 Å². The molecule has 18 heavy (non-hydrogen) atoms. The van der Waals surface area contributed by atoms with Crippen LogP contribution in [0.1, 0.15) is 12.8 Å². The van der Waals surface area contributed by atoms with E-state index < -0.39 is 0 Å². The molecule has 4 nitrogen and oxygen atoms in total. The van der Waals surface area contributed by atoms with Gasteiger partial charge in [0.2, 0.25) is 5.91 Å². The van der Waals surface area contributed by atoms with E-state index in [-0.39, 0.29) is 24.5 Å². The number of amides is 1. The summed E-state index contributed by atoms with van der Waals surface area (Å²) in [7, 11) is 0. The highest BCUT2D eigenvalue weighted by atomic mass is 35.5. The first-order valence-corrected chi connectivity index (χ1v) is 6.39. The van der Waals surface area contributed by atoms with E-state index in [0.717, 1.165) is 12.8 Å². The van der Waals surface area contributed by atoms with E-state index in [1.807, 2.05) is 12.1 Å². The molecule has 0 saturated heterocycles. The molecule has 1 aromatic rings. The van der Waals surface area contributed by atoms with Crippen LogP contribution in [-0.4, -0.2) is 30.7 Å². The zero-order valence-electron chi connectivity index (χ0n) is 10.1. The van der Waals surface area contributed by atoms with Crippen LogP contribution in [0.4, 0.5) is 5.69 Å². The number of aliphatic hydroxyl groups excluding tert-OH is 1. The van der Waals surface area contributed by atoms with Crippen LogP contribution in [0.25, 0.3) is 0 Å². The third kappa shape index (κ3) is 3.45. The number of carbonyl (C=O) groups excluding carboxylic acids is 1. The number of hydrogen-bond donors (Lipinski definition) is 3. The van der Waals surface area contributed by atoms with Crippen LogP contribution in [0.3, 0.4) is 0 Å². The third-order valence-electron chi connectivity index (χ3n) is 3.23. The Kier molecular flexibility index (Phi) is 4.22. The lowest BCUT2D eigenvalue weighted by atomic mass is 10.1. The van der Waals surface area contributed by atoms with Gasteiger partial charge >= 0.3 is 0 Å². The topological polar surface area (TPSA) is 61.4 Å². The summed E-state index contributed by atoms with van der Waals surface area (Å²) in [5.74, 6) is -0.128. The van der Waals surface area contributed by atoms with Crippen molar-refractivity contribution in [3.05, 3.63) is 29.3 Å². The molecular weight excluding hydrogens is 252 g/mol. The second kappa shape index (κ2) is 5.69. The van der Waals surface area contributed by atoms with Gasteiger partial charge in [0.15, 0.2) is 0 Å². The highest BCUT2D eigenvalue weighted by Gasteiger charge is 2.41. The van der Waals surface area contributed by atoms with E-state index in [9.17, 15) is 4.79 Å². The van der Waals surface area contributed by atoms with Crippen LogP contribution < -0.4 is 10.6 Å². The molecule has 1 aliphatic carbocycles. The maximum absolute atomic E-state index is 11.7. The minimum atomic E-state index is -0.128. The predicted molar refractivity (Wildman–Crippen MR) is 71.7 cm³/mol. The number of carbonyl (C=O) groups is 1. The Morgan fingerprint density at radius 3 is 2.72 bits per heavy atom. The quantitative estimate of drug-likeness (QED) is 0.735. The largest absolute Gasteiger partial charge is 0.396 e. The fourth-order valence-electron chi connectivity index (χ4n) is 1.77. The maximum atomic E-state index is 11.7. The van der Waals surface area contributed by atoms with Crippen molar-refractivity contribution in [1.82, 2.24) is 5.32 Å². The Balaban J connectivity index is 1.74. The Morgan fingerprint density at radius 1 is 1.39 bits per heavy atom. The monoisotopic (exact) mass is 268 g/mol. The molecule has 3 N–H and O–H groups in total. The lowest BCUT2D eigenvalue weighted by Gasteiger charge is -2.12. The predicted octanol–water partition coefficient (Wildman–Crippen LogP) is 1.64. The summed E-state index contributed by atoms with van der Waals surface area (Å²) in [6.07, 6.45) is 2.06. The number of rotatable bonds is 6. The minimum absolute atomic E-state index is 0.0185. The summed E-state index contributed by atoms with van der Waals surface area (Å²) < 4.78 is 0. The van der Waals surface area contributed by atoms with Gasteiger partial charge in [-0.15, -0.1) is 0 Å². The maximum Gasteiger partial charge on any atom is 0.238 e. The molecular formula is C13H17ClN2O2. The molecule has 5 heteroatoms. The van der Waals surface area contributed by atoms with Gasteiger partial charge < -0.3 is 15.7 Å². The number of para-hydroxylation sites is 1. The highest BCUT2D eigenvalue weighted by Crippen LogP contribution is 2.44. The van der Waals surface area contributed by atoms with Gasteiger partial charge in [-0.05, 0) is 25.0 Å². The molecule has 0 spiro atoms. The van der Waals surface area contributed by atoms with Crippen molar-refractivity contribution in [2.45, 2.75) is 12.8 Å². The van der Waals surface area contributed by atoms with Gasteiger partial charge in [-0.1, -0.05) is 23.7 Å². The summed E-state index contributed by atoms with van der Waals surface area (Å²) >= 11 is 5.94. The molecule has 0 unspecified atom stereocenters. The molecule has 1 saturated carbocycles. The molecule has 2 rings (SSSR count). The van der Waals surface area contributed by atoms with Crippen molar-refractivity contribution in [3.8, 4) is 0 Å². The van der Waals surface area contributed by atoms with Crippen molar-refractivity contribution in [2.24, 2.45) is 5.41 Å². The van der Waals surface area contributed by atoms with Crippen molar-refractivity contribution in [2.75, 3.05) is 25.0 Å². The molecule has 0 aliphatic heterocycles. The zero-order chi connectivity index (χ0) is 13.0. The summed E-state index contributed by atoms with van der Waals surface area (Å²) in [5, 5.41) is 15.5. The second-order valence-electron chi connectivity index (χ2n) is 4.79. The number of halogens is 1. The summed E-state index contributed by atoms with van der Waals surface area (Å²) in [4.78, 5) is 11.7. The summed E-state index contributed by atoms with van der Waals surface area (Å²) in [6.45, 7) is 1.10.